The zero-order valence-electron chi connectivity index (χ0n) is 10.6. The third-order valence-electron chi connectivity index (χ3n) is 3.10. The SMILES string of the molecule is C=C(CC)CC(NN)c1cccc2nccnc12. The van der Waals surface area contributed by atoms with Crippen LogP contribution in [0, 0.1) is 0 Å². The Kier molecular flexibility index (Phi) is 4.02. The molecule has 0 fully saturated rings. The lowest BCUT2D eigenvalue weighted by Gasteiger charge is -2.18. The maximum absolute atomic E-state index is 5.66. The molecule has 4 nitrogen and oxygen atoms in total. The number of fused-ring (bicyclic) bond motifs is 1. The van der Waals surface area contributed by atoms with E-state index in [1.807, 2.05) is 18.2 Å². The minimum Gasteiger partial charge on any atom is -0.271 e. The van der Waals surface area contributed by atoms with Crippen molar-refractivity contribution in [2.45, 2.75) is 25.8 Å². The van der Waals surface area contributed by atoms with Crippen LogP contribution in [0.2, 0.25) is 0 Å². The van der Waals surface area contributed by atoms with Crippen LogP contribution in [-0.2, 0) is 0 Å². The van der Waals surface area contributed by atoms with Gasteiger partial charge in [-0.2, -0.15) is 0 Å². The maximum atomic E-state index is 5.66. The van der Waals surface area contributed by atoms with Gasteiger partial charge in [0.25, 0.3) is 0 Å². The molecule has 1 aromatic heterocycles. The number of para-hydroxylation sites is 1. The average molecular weight is 242 g/mol. The number of rotatable bonds is 5. The van der Waals surface area contributed by atoms with Gasteiger partial charge in [0, 0.05) is 12.4 Å². The van der Waals surface area contributed by atoms with Gasteiger partial charge in [-0.05, 0) is 24.5 Å². The Morgan fingerprint density at radius 3 is 2.89 bits per heavy atom. The van der Waals surface area contributed by atoms with Crippen molar-refractivity contribution in [2.24, 2.45) is 5.84 Å². The van der Waals surface area contributed by atoms with E-state index in [9.17, 15) is 0 Å². The van der Waals surface area contributed by atoms with Gasteiger partial charge in [-0.1, -0.05) is 31.2 Å². The van der Waals surface area contributed by atoms with Crippen LogP contribution in [0.5, 0.6) is 0 Å². The van der Waals surface area contributed by atoms with Crippen molar-refractivity contribution in [1.82, 2.24) is 15.4 Å². The monoisotopic (exact) mass is 242 g/mol. The molecule has 0 aliphatic heterocycles. The van der Waals surface area contributed by atoms with Crippen LogP contribution in [0.25, 0.3) is 11.0 Å². The van der Waals surface area contributed by atoms with Gasteiger partial charge in [0.1, 0.15) is 0 Å². The summed E-state index contributed by atoms with van der Waals surface area (Å²) in [7, 11) is 0. The van der Waals surface area contributed by atoms with Gasteiger partial charge in [-0.3, -0.25) is 21.2 Å². The normalized spacial score (nSPS) is 12.6. The van der Waals surface area contributed by atoms with E-state index in [1.165, 1.54) is 5.57 Å². The molecule has 0 saturated heterocycles. The zero-order valence-corrected chi connectivity index (χ0v) is 10.6. The molecule has 1 aromatic carbocycles. The molecule has 1 unspecified atom stereocenters. The average Bonchev–Trinajstić information content (AvgIpc) is 2.44. The van der Waals surface area contributed by atoms with Crippen molar-refractivity contribution in [2.75, 3.05) is 0 Å². The molecule has 0 bridgehead atoms. The summed E-state index contributed by atoms with van der Waals surface area (Å²) in [6.45, 7) is 6.13. The van der Waals surface area contributed by atoms with Gasteiger partial charge in [0.2, 0.25) is 0 Å². The van der Waals surface area contributed by atoms with Crippen molar-refractivity contribution < 1.29 is 0 Å². The highest BCUT2D eigenvalue weighted by Crippen LogP contribution is 2.25. The quantitative estimate of drug-likeness (QED) is 0.480. The van der Waals surface area contributed by atoms with Gasteiger partial charge in [0.05, 0.1) is 17.1 Å². The Hall–Kier alpha value is -1.78. The first-order chi connectivity index (χ1) is 8.76. The van der Waals surface area contributed by atoms with Crippen molar-refractivity contribution >= 4 is 11.0 Å². The highest BCUT2D eigenvalue weighted by molar-refractivity contribution is 5.78. The first-order valence-electron chi connectivity index (χ1n) is 6.08. The number of aromatic nitrogens is 2. The van der Waals surface area contributed by atoms with Crippen LogP contribution in [0.3, 0.4) is 0 Å². The lowest BCUT2D eigenvalue weighted by atomic mass is 9.97. The summed E-state index contributed by atoms with van der Waals surface area (Å²) in [6, 6.07) is 5.99. The second-order valence-electron chi connectivity index (χ2n) is 4.30. The smallest absolute Gasteiger partial charge is 0.0935 e. The summed E-state index contributed by atoms with van der Waals surface area (Å²) < 4.78 is 0. The number of hydrazine groups is 1. The van der Waals surface area contributed by atoms with E-state index in [4.69, 9.17) is 5.84 Å². The number of nitrogens with one attached hydrogen (secondary N) is 1. The van der Waals surface area contributed by atoms with Gasteiger partial charge in [-0.25, -0.2) is 0 Å². The van der Waals surface area contributed by atoms with Crippen LogP contribution in [0.15, 0.2) is 42.7 Å². The standard InChI is InChI=1S/C14H18N4/c1-3-10(2)9-13(18-15)11-5-4-6-12-14(11)17-8-7-16-12/h4-8,13,18H,2-3,9,15H2,1H3. The van der Waals surface area contributed by atoms with E-state index < -0.39 is 0 Å². The van der Waals surface area contributed by atoms with E-state index in [2.05, 4.69) is 28.9 Å². The summed E-state index contributed by atoms with van der Waals surface area (Å²) in [4.78, 5) is 8.70. The van der Waals surface area contributed by atoms with E-state index in [1.54, 1.807) is 12.4 Å². The molecule has 0 aliphatic rings. The molecule has 4 heteroatoms. The fourth-order valence-electron chi connectivity index (χ4n) is 1.99. The van der Waals surface area contributed by atoms with Crippen LogP contribution in [-0.4, -0.2) is 9.97 Å². The minimum atomic E-state index is 0.0258. The van der Waals surface area contributed by atoms with Crippen LogP contribution in [0.4, 0.5) is 0 Å². The largest absolute Gasteiger partial charge is 0.271 e. The Labute approximate surface area is 107 Å². The number of benzene rings is 1. The summed E-state index contributed by atoms with van der Waals surface area (Å²) in [5.74, 6) is 5.66. The molecule has 0 aliphatic carbocycles. The molecule has 0 saturated carbocycles. The lowest BCUT2D eigenvalue weighted by Crippen LogP contribution is -2.28. The third kappa shape index (κ3) is 2.55. The van der Waals surface area contributed by atoms with Gasteiger partial charge < -0.3 is 0 Å². The number of nitrogens with two attached hydrogens (primary N) is 1. The highest BCUT2D eigenvalue weighted by Gasteiger charge is 2.14. The first-order valence-corrected chi connectivity index (χ1v) is 6.08. The summed E-state index contributed by atoms with van der Waals surface area (Å²) in [5.41, 5.74) is 6.86. The van der Waals surface area contributed by atoms with Crippen molar-refractivity contribution in [1.29, 1.82) is 0 Å². The molecule has 94 valence electrons. The van der Waals surface area contributed by atoms with Crippen molar-refractivity contribution in [3.8, 4) is 0 Å². The predicted octanol–water partition coefficient (Wildman–Crippen LogP) is 2.49. The number of hydrogen-bond donors (Lipinski definition) is 2. The van der Waals surface area contributed by atoms with E-state index in [-0.39, 0.29) is 6.04 Å². The summed E-state index contributed by atoms with van der Waals surface area (Å²) in [5, 5.41) is 0. The van der Waals surface area contributed by atoms with E-state index in [0.29, 0.717) is 0 Å². The second-order valence-corrected chi connectivity index (χ2v) is 4.30. The number of hydrogen-bond acceptors (Lipinski definition) is 4. The Morgan fingerprint density at radius 2 is 2.17 bits per heavy atom. The van der Waals surface area contributed by atoms with Crippen LogP contribution in [0.1, 0.15) is 31.4 Å². The molecule has 0 radical (unpaired) electrons. The maximum Gasteiger partial charge on any atom is 0.0935 e. The van der Waals surface area contributed by atoms with Crippen molar-refractivity contribution in [3.05, 3.63) is 48.3 Å². The molecule has 0 amide bonds. The summed E-state index contributed by atoms with van der Waals surface area (Å²) in [6.07, 6.45) is 5.16. The van der Waals surface area contributed by atoms with Crippen LogP contribution >= 0.6 is 0 Å². The van der Waals surface area contributed by atoms with Crippen molar-refractivity contribution in [3.63, 3.8) is 0 Å². The summed E-state index contributed by atoms with van der Waals surface area (Å²) >= 11 is 0. The van der Waals surface area contributed by atoms with E-state index in [0.717, 1.165) is 29.4 Å². The Balaban J connectivity index is 2.41. The second kappa shape index (κ2) is 5.71. The zero-order chi connectivity index (χ0) is 13.0. The Bertz CT molecular complexity index is 545. The third-order valence-corrected chi connectivity index (χ3v) is 3.10. The molecule has 2 rings (SSSR count). The first kappa shape index (κ1) is 12.7. The molecule has 1 atom stereocenters. The molecule has 1 heterocycles. The molecular formula is C14H18N4. The predicted molar refractivity (Wildman–Crippen MR) is 73.7 cm³/mol. The molecule has 2 aromatic rings. The molecule has 3 N–H and O–H groups in total. The molecule has 18 heavy (non-hydrogen) atoms. The number of nitrogens with zero attached hydrogens (tertiary/aromatic N) is 2. The lowest BCUT2D eigenvalue weighted by molar-refractivity contribution is 0.547. The van der Waals surface area contributed by atoms with Crippen LogP contribution < -0.4 is 11.3 Å². The topological polar surface area (TPSA) is 63.8 Å². The van der Waals surface area contributed by atoms with Gasteiger partial charge in [-0.15, -0.1) is 0 Å². The Morgan fingerprint density at radius 1 is 1.39 bits per heavy atom. The fourth-order valence-corrected chi connectivity index (χ4v) is 1.99. The van der Waals surface area contributed by atoms with Gasteiger partial charge in [0.15, 0.2) is 0 Å². The fraction of sp³-hybridized carbons (Fsp3) is 0.286. The van der Waals surface area contributed by atoms with Gasteiger partial charge >= 0.3 is 0 Å². The molecule has 0 spiro atoms. The molecular weight excluding hydrogens is 224 g/mol. The minimum absolute atomic E-state index is 0.0258. The van der Waals surface area contributed by atoms with E-state index >= 15 is 0 Å². The highest BCUT2D eigenvalue weighted by atomic mass is 15.2.